The van der Waals surface area contributed by atoms with Crippen LogP contribution in [-0.4, -0.2) is 78.2 Å². The third-order valence-corrected chi connectivity index (χ3v) is 20.6. The maximum atomic E-state index is 11.5. The molecule has 0 bridgehead atoms. The van der Waals surface area contributed by atoms with Crippen LogP contribution in [0.15, 0.2) is 0 Å². The molecule has 0 saturated heterocycles. The van der Waals surface area contributed by atoms with Gasteiger partial charge >= 0.3 is 11.9 Å². The van der Waals surface area contributed by atoms with Gasteiger partial charge < -0.3 is 35.7 Å². The summed E-state index contributed by atoms with van der Waals surface area (Å²) >= 11 is 0. The lowest BCUT2D eigenvalue weighted by Gasteiger charge is -2.63. The molecule has 8 fully saturated rings. The summed E-state index contributed by atoms with van der Waals surface area (Å²) in [4.78, 5) is 22.1. The van der Waals surface area contributed by atoms with E-state index in [2.05, 4.69) is 41.5 Å². The normalized spacial score (nSPS) is 52.3. The monoisotopic (exact) mass is 801 g/mol. The second-order valence-corrected chi connectivity index (χ2v) is 22.8. The number of aliphatic hydroxyl groups excluding tert-OH is 5. The number of aliphatic carboxylic acids is 2. The van der Waals surface area contributed by atoms with Gasteiger partial charge in [0.2, 0.25) is 0 Å². The molecule has 9 heteroatoms. The van der Waals surface area contributed by atoms with Gasteiger partial charge in [0.1, 0.15) is 0 Å². The van der Waals surface area contributed by atoms with E-state index in [-0.39, 0.29) is 70.8 Å². The lowest BCUT2D eigenvalue weighted by molar-refractivity contribution is -0.207. The zero-order valence-corrected chi connectivity index (χ0v) is 36.2. The van der Waals surface area contributed by atoms with E-state index >= 15 is 0 Å². The molecule has 8 aliphatic rings. The lowest BCUT2D eigenvalue weighted by atomic mass is 9.43. The topological polar surface area (TPSA) is 176 Å². The summed E-state index contributed by atoms with van der Waals surface area (Å²) in [5.74, 6) is 3.35. The Balaban J connectivity index is 0.000000174. The molecule has 7 N–H and O–H groups in total. The van der Waals surface area contributed by atoms with Crippen molar-refractivity contribution in [3.8, 4) is 0 Å². The first-order valence-corrected chi connectivity index (χ1v) is 23.6. The van der Waals surface area contributed by atoms with Crippen molar-refractivity contribution in [3.63, 3.8) is 0 Å². The first-order valence-electron chi connectivity index (χ1n) is 23.6. The Hall–Kier alpha value is -1.26. The van der Waals surface area contributed by atoms with Crippen LogP contribution in [0, 0.1) is 92.7 Å². The second kappa shape index (κ2) is 16.2. The predicted molar refractivity (Wildman–Crippen MR) is 219 cm³/mol. The van der Waals surface area contributed by atoms with Gasteiger partial charge in [-0.1, -0.05) is 41.5 Å². The number of fused-ring (bicyclic) bond motifs is 10. The smallest absolute Gasteiger partial charge is 0.303 e. The van der Waals surface area contributed by atoms with E-state index in [0.717, 1.165) is 77.0 Å². The van der Waals surface area contributed by atoms with E-state index in [9.17, 15) is 35.1 Å². The van der Waals surface area contributed by atoms with Crippen molar-refractivity contribution < 1.29 is 45.3 Å². The van der Waals surface area contributed by atoms with Gasteiger partial charge in [-0.3, -0.25) is 9.59 Å². The van der Waals surface area contributed by atoms with Crippen LogP contribution >= 0.6 is 0 Å². The highest BCUT2D eigenvalue weighted by atomic mass is 16.4. The van der Waals surface area contributed by atoms with E-state index in [1.807, 2.05) is 0 Å². The Morgan fingerprint density at radius 2 is 0.965 bits per heavy atom. The molecule has 9 nitrogen and oxygen atoms in total. The Bertz CT molecular complexity index is 1450. The minimum Gasteiger partial charge on any atom is -0.481 e. The summed E-state index contributed by atoms with van der Waals surface area (Å²) in [6.45, 7) is 13.9. The van der Waals surface area contributed by atoms with E-state index in [4.69, 9.17) is 10.2 Å². The molecular formula is C48H80O9. The number of carboxylic acid groups (broad SMARTS) is 2. The summed E-state index contributed by atoms with van der Waals surface area (Å²) < 4.78 is 0. The number of carboxylic acids is 2. The van der Waals surface area contributed by atoms with Crippen molar-refractivity contribution in [2.75, 3.05) is 0 Å². The lowest BCUT2D eigenvalue weighted by Crippen LogP contribution is -2.62. The van der Waals surface area contributed by atoms with Gasteiger partial charge in [-0.05, 0) is 202 Å². The van der Waals surface area contributed by atoms with Crippen molar-refractivity contribution >= 4 is 11.9 Å². The highest BCUT2D eigenvalue weighted by molar-refractivity contribution is 5.66. The highest BCUT2D eigenvalue weighted by Crippen LogP contribution is 2.70. The van der Waals surface area contributed by atoms with E-state index in [0.29, 0.717) is 65.6 Å². The first kappa shape index (κ1) is 43.8. The molecule has 0 aliphatic heterocycles. The highest BCUT2D eigenvalue weighted by Gasteiger charge is 2.66. The van der Waals surface area contributed by atoms with E-state index < -0.39 is 18.0 Å². The van der Waals surface area contributed by atoms with Gasteiger partial charge in [0, 0.05) is 12.8 Å². The summed E-state index contributed by atoms with van der Waals surface area (Å²) in [5.41, 5.74) is 0.380. The fourth-order valence-electron chi connectivity index (χ4n) is 17.4. The maximum Gasteiger partial charge on any atom is 0.303 e. The average Bonchev–Trinajstić information content (AvgIpc) is 3.69. The largest absolute Gasteiger partial charge is 0.481 e. The number of hydrogen-bond acceptors (Lipinski definition) is 7. The van der Waals surface area contributed by atoms with Crippen LogP contribution in [0.25, 0.3) is 0 Å². The van der Waals surface area contributed by atoms with Crippen molar-refractivity contribution in [1.82, 2.24) is 0 Å². The Morgan fingerprint density at radius 3 is 1.51 bits per heavy atom. The predicted octanol–water partition coefficient (Wildman–Crippen LogP) is 7.93. The van der Waals surface area contributed by atoms with Crippen molar-refractivity contribution in [2.45, 2.75) is 194 Å². The standard InChI is InChI=1S/C24H40O5.C24H40O4/c1-13(4-7-21(28)29)16-5-6-17-22-18(12-20(27)24(16,17)3)23(2)9-8-15(25)10-14(23)11-19(22)26;1-14(4-7-21(27)28)17-5-6-18-22-19(9-11-24(17,18)3)23(2)10-8-16(25)12-15(23)13-20(22)26/h13-20,22,25-27H,4-12H2,1-3H3,(H,28,29);14-20,22,25-26H,4-13H2,1-3H3,(H,27,28)/t13?,14?,15-,16?,17?,18?,19-,20+,22?,23?,24?;14?,15?,16-,17?,18?,19?,20-,22?,23?,24?/m11/s1. The molecule has 326 valence electrons. The van der Waals surface area contributed by atoms with Gasteiger partial charge in [-0.2, -0.15) is 0 Å². The molecule has 8 aliphatic carbocycles. The van der Waals surface area contributed by atoms with Crippen LogP contribution in [0.3, 0.4) is 0 Å². The quantitative estimate of drug-likeness (QED) is 0.129. The molecule has 0 aromatic heterocycles. The van der Waals surface area contributed by atoms with Crippen LogP contribution in [0.1, 0.15) is 164 Å². The molecule has 0 aromatic carbocycles. The van der Waals surface area contributed by atoms with Gasteiger partial charge in [-0.15, -0.1) is 0 Å². The minimum absolute atomic E-state index is 0.0957. The van der Waals surface area contributed by atoms with Gasteiger partial charge in [0.05, 0.1) is 30.5 Å². The summed E-state index contributed by atoms with van der Waals surface area (Å²) in [6.07, 6.45) is 15.2. The molecule has 0 radical (unpaired) electrons. The van der Waals surface area contributed by atoms with Gasteiger partial charge in [0.25, 0.3) is 0 Å². The molecule has 57 heavy (non-hydrogen) atoms. The van der Waals surface area contributed by atoms with E-state index in [1.165, 1.54) is 25.7 Å². The van der Waals surface area contributed by atoms with Crippen LogP contribution < -0.4 is 0 Å². The Labute approximate surface area is 343 Å². The van der Waals surface area contributed by atoms with Crippen LogP contribution in [-0.2, 0) is 9.59 Å². The molecule has 16 unspecified atom stereocenters. The molecule has 0 aromatic rings. The molecule has 0 heterocycles. The van der Waals surface area contributed by atoms with Crippen molar-refractivity contribution in [3.05, 3.63) is 0 Å². The zero-order valence-electron chi connectivity index (χ0n) is 36.2. The second-order valence-electron chi connectivity index (χ2n) is 22.8. The van der Waals surface area contributed by atoms with E-state index in [1.54, 1.807) is 0 Å². The summed E-state index contributed by atoms with van der Waals surface area (Å²) in [6, 6.07) is 0. The molecule has 8 saturated carbocycles. The molecule has 0 spiro atoms. The summed E-state index contributed by atoms with van der Waals surface area (Å²) in [5, 5.41) is 72.6. The molecule has 8 rings (SSSR count). The van der Waals surface area contributed by atoms with Crippen LogP contribution in [0.5, 0.6) is 0 Å². The van der Waals surface area contributed by atoms with Crippen LogP contribution in [0.4, 0.5) is 0 Å². The van der Waals surface area contributed by atoms with Gasteiger partial charge in [-0.25, -0.2) is 0 Å². The maximum absolute atomic E-state index is 11.5. The third-order valence-electron chi connectivity index (χ3n) is 20.6. The number of rotatable bonds is 8. The molecular weight excluding hydrogens is 721 g/mol. The fourth-order valence-corrected chi connectivity index (χ4v) is 17.4. The third kappa shape index (κ3) is 7.47. The number of hydrogen-bond donors (Lipinski definition) is 7. The minimum atomic E-state index is -0.748. The molecule has 21 atom stereocenters. The molecule has 0 amide bonds. The number of aliphatic hydroxyl groups is 5. The average molecular weight is 801 g/mol. The zero-order chi connectivity index (χ0) is 41.4. The van der Waals surface area contributed by atoms with Gasteiger partial charge in [0.15, 0.2) is 0 Å². The van der Waals surface area contributed by atoms with Crippen molar-refractivity contribution in [2.24, 2.45) is 92.7 Å². The fraction of sp³-hybridized carbons (Fsp3) is 0.958. The summed E-state index contributed by atoms with van der Waals surface area (Å²) in [7, 11) is 0. The number of carbonyl (C=O) groups is 2. The Morgan fingerprint density at radius 1 is 0.526 bits per heavy atom. The Kier molecular flexibility index (Phi) is 12.5. The SMILES string of the molecule is CC(CCC(=O)O)C1CCC2C3C(CCC12C)C1(C)CC[C@@H](O)CC1C[C@H]3O.CC(CCC(=O)O)C1CCC2C3C(C[C@H](O)C12C)C1(C)CC[C@@H](O)CC1C[C@H]3O. The van der Waals surface area contributed by atoms with Crippen LogP contribution in [0.2, 0.25) is 0 Å². The van der Waals surface area contributed by atoms with Crippen molar-refractivity contribution in [1.29, 1.82) is 0 Å². The first-order chi connectivity index (χ1) is 26.7.